The first-order chi connectivity index (χ1) is 5.77. The predicted molar refractivity (Wildman–Crippen MR) is 49.8 cm³/mol. The van der Waals surface area contributed by atoms with Crippen molar-refractivity contribution in [1.29, 1.82) is 0 Å². The molecule has 12 heavy (non-hydrogen) atoms. The van der Waals surface area contributed by atoms with Crippen molar-refractivity contribution >= 4 is 5.69 Å². The largest absolute Gasteiger partial charge is 0.396 e. The standard InChI is InChI=1S/C9H14N2O/c1-7-6-8(4-5-12)2-3-9(7)11-10/h2-3,6,11-12H,4-5,10H2,1H3. The number of aliphatic hydroxyl groups is 1. The first-order valence-electron chi connectivity index (χ1n) is 3.95. The van der Waals surface area contributed by atoms with Gasteiger partial charge in [0.15, 0.2) is 0 Å². The van der Waals surface area contributed by atoms with E-state index < -0.39 is 0 Å². The Morgan fingerprint density at radius 1 is 1.50 bits per heavy atom. The van der Waals surface area contributed by atoms with Gasteiger partial charge in [-0.15, -0.1) is 0 Å². The maximum Gasteiger partial charge on any atom is 0.0514 e. The van der Waals surface area contributed by atoms with Gasteiger partial charge in [0.05, 0.1) is 5.69 Å². The van der Waals surface area contributed by atoms with Crippen LogP contribution in [0.4, 0.5) is 5.69 Å². The lowest BCUT2D eigenvalue weighted by Gasteiger charge is -2.06. The average molecular weight is 166 g/mol. The van der Waals surface area contributed by atoms with E-state index in [4.69, 9.17) is 10.9 Å². The number of nitrogen functional groups attached to an aromatic ring is 1. The summed E-state index contributed by atoms with van der Waals surface area (Å²) in [5, 5.41) is 8.70. The quantitative estimate of drug-likeness (QED) is 0.460. The monoisotopic (exact) mass is 166 g/mol. The van der Waals surface area contributed by atoms with E-state index >= 15 is 0 Å². The fraction of sp³-hybridized carbons (Fsp3) is 0.333. The molecular formula is C9H14N2O. The van der Waals surface area contributed by atoms with E-state index in [0.29, 0.717) is 6.42 Å². The highest BCUT2D eigenvalue weighted by atomic mass is 16.2. The van der Waals surface area contributed by atoms with Gasteiger partial charge in [-0.2, -0.15) is 0 Å². The number of hydrogen-bond acceptors (Lipinski definition) is 3. The molecule has 3 heteroatoms. The Kier molecular flexibility index (Phi) is 3.08. The lowest BCUT2D eigenvalue weighted by atomic mass is 10.1. The lowest BCUT2D eigenvalue weighted by Crippen LogP contribution is -2.08. The summed E-state index contributed by atoms with van der Waals surface area (Å²) in [7, 11) is 0. The van der Waals surface area contributed by atoms with Gasteiger partial charge in [0, 0.05) is 6.61 Å². The van der Waals surface area contributed by atoms with E-state index in [2.05, 4.69) is 5.43 Å². The van der Waals surface area contributed by atoms with Crippen LogP contribution < -0.4 is 11.3 Å². The van der Waals surface area contributed by atoms with E-state index in [1.165, 1.54) is 0 Å². The number of anilines is 1. The van der Waals surface area contributed by atoms with Crippen LogP contribution in [-0.2, 0) is 6.42 Å². The van der Waals surface area contributed by atoms with Crippen LogP contribution >= 0.6 is 0 Å². The van der Waals surface area contributed by atoms with E-state index in [0.717, 1.165) is 16.8 Å². The molecule has 4 N–H and O–H groups in total. The van der Waals surface area contributed by atoms with Crippen molar-refractivity contribution in [3.05, 3.63) is 29.3 Å². The molecular weight excluding hydrogens is 152 g/mol. The number of rotatable bonds is 3. The highest BCUT2D eigenvalue weighted by Gasteiger charge is 1.97. The van der Waals surface area contributed by atoms with Crippen LogP contribution in [0, 0.1) is 6.92 Å². The summed E-state index contributed by atoms with van der Waals surface area (Å²) in [6.07, 6.45) is 0.700. The van der Waals surface area contributed by atoms with E-state index in [-0.39, 0.29) is 6.61 Å². The molecule has 1 aromatic carbocycles. The third kappa shape index (κ3) is 1.96. The fourth-order valence-corrected chi connectivity index (χ4v) is 1.17. The summed E-state index contributed by atoms with van der Waals surface area (Å²) >= 11 is 0. The molecule has 66 valence electrons. The van der Waals surface area contributed by atoms with Gasteiger partial charge in [-0.05, 0) is 30.5 Å². The smallest absolute Gasteiger partial charge is 0.0514 e. The second-order valence-electron chi connectivity index (χ2n) is 2.77. The molecule has 0 fully saturated rings. The second-order valence-corrected chi connectivity index (χ2v) is 2.77. The molecule has 0 aromatic heterocycles. The number of aryl methyl sites for hydroxylation is 1. The molecule has 0 aliphatic heterocycles. The van der Waals surface area contributed by atoms with Gasteiger partial charge < -0.3 is 10.5 Å². The first kappa shape index (κ1) is 9.03. The maximum atomic E-state index is 8.70. The van der Waals surface area contributed by atoms with Gasteiger partial charge in [-0.3, -0.25) is 5.84 Å². The summed E-state index contributed by atoms with van der Waals surface area (Å²) in [5.41, 5.74) is 5.76. The molecule has 1 rings (SSSR count). The summed E-state index contributed by atoms with van der Waals surface area (Å²) in [6.45, 7) is 2.17. The number of hydrogen-bond donors (Lipinski definition) is 3. The van der Waals surface area contributed by atoms with E-state index in [1.54, 1.807) is 0 Å². The van der Waals surface area contributed by atoms with Gasteiger partial charge in [0.25, 0.3) is 0 Å². The van der Waals surface area contributed by atoms with Crippen LogP contribution in [-0.4, -0.2) is 11.7 Å². The van der Waals surface area contributed by atoms with Gasteiger partial charge in [0.1, 0.15) is 0 Å². The third-order valence-electron chi connectivity index (χ3n) is 1.85. The number of benzene rings is 1. The van der Waals surface area contributed by atoms with Crippen molar-refractivity contribution in [1.82, 2.24) is 0 Å². The van der Waals surface area contributed by atoms with Crippen LogP contribution in [0.3, 0.4) is 0 Å². The Morgan fingerprint density at radius 3 is 2.75 bits per heavy atom. The number of hydrazine groups is 1. The molecule has 0 saturated heterocycles. The zero-order valence-corrected chi connectivity index (χ0v) is 7.17. The zero-order valence-electron chi connectivity index (χ0n) is 7.17. The third-order valence-corrected chi connectivity index (χ3v) is 1.85. The van der Waals surface area contributed by atoms with Crippen molar-refractivity contribution in [2.24, 2.45) is 5.84 Å². The molecule has 0 amide bonds. The predicted octanol–water partition coefficient (Wildman–Crippen LogP) is 0.815. The molecule has 3 nitrogen and oxygen atoms in total. The Hall–Kier alpha value is -1.06. The van der Waals surface area contributed by atoms with Crippen molar-refractivity contribution in [2.75, 3.05) is 12.0 Å². The first-order valence-corrected chi connectivity index (χ1v) is 3.95. The Bertz CT molecular complexity index is 261. The van der Waals surface area contributed by atoms with E-state index in [1.807, 2.05) is 25.1 Å². The zero-order chi connectivity index (χ0) is 8.97. The lowest BCUT2D eigenvalue weighted by molar-refractivity contribution is 0.299. The number of aliphatic hydroxyl groups excluding tert-OH is 1. The van der Waals surface area contributed by atoms with Gasteiger partial charge >= 0.3 is 0 Å². The molecule has 0 aliphatic rings. The SMILES string of the molecule is Cc1cc(CCO)ccc1NN. The molecule has 0 bridgehead atoms. The molecule has 0 saturated carbocycles. The number of nitrogens with one attached hydrogen (secondary N) is 1. The average Bonchev–Trinajstić information content (AvgIpc) is 2.05. The summed E-state index contributed by atoms with van der Waals surface area (Å²) < 4.78 is 0. The van der Waals surface area contributed by atoms with Crippen molar-refractivity contribution in [3.63, 3.8) is 0 Å². The van der Waals surface area contributed by atoms with Crippen molar-refractivity contribution < 1.29 is 5.11 Å². The molecule has 0 aliphatic carbocycles. The minimum absolute atomic E-state index is 0.189. The fourth-order valence-electron chi connectivity index (χ4n) is 1.17. The van der Waals surface area contributed by atoms with Crippen LogP contribution in [0.2, 0.25) is 0 Å². The van der Waals surface area contributed by atoms with Gasteiger partial charge in [0.2, 0.25) is 0 Å². The molecule has 0 atom stereocenters. The highest BCUT2D eigenvalue weighted by Crippen LogP contribution is 2.15. The minimum Gasteiger partial charge on any atom is -0.396 e. The topological polar surface area (TPSA) is 58.3 Å². The second kappa shape index (κ2) is 4.09. The summed E-state index contributed by atoms with van der Waals surface area (Å²) in [4.78, 5) is 0. The van der Waals surface area contributed by atoms with Crippen molar-refractivity contribution in [3.8, 4) is 0 Å². The van der Waals surface area contributed by atoms with Crippen LogP contribution in [0.5, 0.6) is 0 Å². The van der Waals surface area contributed by atoms with Gasteiger partial charge in [-0.1, -0.05) is 12.1 Å². The normalized spacial score (nSPS) is 9.92. The Labute approximate surface area is 72.2 Å². The van der Waals surface area contributed by atoms with Crippen molar-refractivity contribution in [2.45, 2.75) is 13.3 Å². The van der Waals surface area contributed by atoms with E-state index in [9.17, 15) is 0 Å². The molecule has 0 radical (unpaired) electrons. The Balaban J connectivity index is 2.86. The summed E-state index contributed by atoms with van der Waals surface area (Å²) in [5.74, 6) is 5.28. The van der Waals surface area contributed by atoms with Crippen LogP contribution in [0.15, 0.2) is 18.2 Å². The Morgan fingerprint density at radius 2 is 2.25 bits per heavy atom. The van der Waals surface area contributed by atoms with Crippen LogP contribution in [0.1, 0.15) is 11.1 Å². The molecule has 0 spiro atoms. The molecule has 1 aromatic rings. The minimum atomic E-state index is 0.189. The summed E-state index contributed by atoms with van der Waals surface area (Å²) in [6, 6.07) is 5.89. The molecule has 0 unspecified atom stereocenters. The highest BCUT2D eigenvalue weighted by molar-refractivity contribution is 5.50. The number of nitrogens with two attached hydrogens (primary N) is 1. The molecule has 0 heterocycles. The maximum absolute atomic E-state index is 8.70. The van der Waals surface area contributed by atoms with Crippen LogP contribution in [0.25, 0.3) is 0 Å². The van der Waals surface area contributed by atoms with Gasteiger partial charge in [-0.25, -0.2) is 0 Å².